The first-order valence-electron chi connectivity index (χ1n) is 4.05. The fourth-order valence-corrected chi connectivity index (χ4v) is 1.53. The Morgan fingerprint density at radius 2 is 2.33 bits per heavy atom. The van der Waals surface area contributed by atoms with Crippen molar-refractivity contribution in [1.29, 1.82) is 0 Å². The summed E-state index contributed by atoms with van der Waals surface area (Å²) in [6.45, 7) is 4.50. The van der Waals surface area contributed by atoms with Gasteiger partial charge in [0, 0.05) is 0 Å². The highest BCUT2D eigenvalue weighted by molar-refractivity contribution is 6.53. The van der Waals surface area contributed by atoms with Gasteiger partial charge in [-0.2, -0.15) is 0 Å². The van der Waals surface area contributed by atoms with Gasteiger partial charge in [-0.05, 0) is 0 Å². The third kappa shape index (κ3) is 1.53. The van der Waals surface area contributed by atoms with Crippen LogP contribution in [0.25, 0.3) is 0 Å². The number of rotatable bonds is 3. The molecule has 1 aliphatic rings. The van der Waals surface area contributed by atoms with Gasteiger partial charge in [0.1, 0.15) is 14.6 Å². The molecule has 0 aromatic heterocycles. The molecule has 1 aliphatic heterocycles. The molecule has 2 radical (unpaired) electrons. The summed E-state index contributed by atoms with van der Waals surface area (Å²) in [5.41, 5.74) is 0. The average molecular weight is 120 g/mol. The standard InChI is InChI=1S/C7H14B2/c1-3-6-7(5-9-6)8-4-2/h6-7H,3-5H2,1-2H3. The summed E-state index contributed by atoms with van der Waals surface area (Å²) in [6, 6.07) is 0. The molecule has 1 rings (SSSR count). The normalized spacial score (nSPS) is 32.7. The zero-order valence-corrected chi connectivity index (χ0v) is 6.43. The van der Waals surface area contributed by atoms with E-state index in [0.717, 1.165) is 11.6 Å². The smallest absolute Gasteiger partial charge is 0.0845 e. The Kier molecular flexibility index (Phi) is 2.68. The van der Waals surface area contributed by atoms with Gasteiger partial charge in [-0.1, -0.05) is 44.5 Å². The van der Waals surface area contributed by atoms with E-state index in [1.807, 2.05) is 0 Å². The Morgan fingerprint density at radius 1 is 1.56 bits per heavy atom. The second kappa shape index (κ2) is 3.34. The van der Waals surface area contributed by atoms with Gasteiger partial charge in [0.15, 0.2) is 0 Å². The number of hydrogen-bond donors (Lipinski definition) is 0. The van der Waals surface area contributed by atoms with Crippen LogP contribution in [0.1, 0.15) is 20.3 Å². The van der Waals surface area contributed by atoms with E-state index < -0.39 is 0 Å². The van der Waals surface area contributed by atoms with Crippen molar-refractivity contribution in [1.82, 2.24) is 0 Å². The molecule has 1 fully saturated rings. The maximum atomic E-state index is 2.45. The molecule has 0 nitrogen and oxygen atoms in total. The van der Waals surface area contributed by atoms with Crippen molar-refractivity contribution >= 4 is 14.6 Å². The van der Waals surface area contributed by atoms with Crippen molar-refractivity contribution in [2.75, 3.05) is 0 Å². The molecule has 0 aromatic rings. The first-order chi connectivity index (χ1) is 4.38. The van der Waals surface area contributed by atoms with Gasteiger partial charge in [-0.25, -0.2) is 0 Å². The van der Waals surface area contributed by atoms with Crippen molar-refractivity contribution in [3.05, 3.63) is 0 Å². The van der Waals surface area contributed by atoms with Gasteiger partial charge >= 0.3 is 0 Å². The molecule has 0 saturated carbocycles. The monoisotopic (exact) mass is 120 g/mol. The lowest BCUT2D eigenvalue weighted by atomic mass is 9.31. The summed E-state index contributed by atoms with van der Waals surface area (Å²) in [4.78, 5) is 0. The van der Waals surface area contributed by atoms with Crippen molar-refractivity contribution in [2.24, 2.45) is 0 Å². The molecule has 0 aromatic carbocycles. The van der Waals surface area contributed by atoms with Gasteiger partial charge < -0.3 is 0 Å². The molecular formula is C7H14B2. The summed E-state index contributed by atoms with van der Waals surface area (Å²) < 4.78 is 0. The highest BCUT2D eigenvalue weighted by Crippen LogP contribution is 2.41. The minimum absolute atomic E-state index is 0.921. The van der Waals surface area contributed by atoms with Crippen LogP contribution in [0, 0.1) is 0 Å². The van der Waals surface area contributed by atoms with Crippen LogP contribution in [0.5, 0.6) is 0 Å². The van der Waals surface area contributed by atoms with Crippen molar-refractivity contribution in [3.8, 4) is 0 Å². The molecule has 1 heterocycles. The second-order valence-corrected chi connectivity index (χ2v) is 2.85. The molecule has 2 unspecified atom stereocenters. The quantitative estimate of drug-likeness (QED) is 0.501. The van der Waals surface area contributed by atoms with Gasteiger partial charge in [-0.3, -0.25) is 0 Å². The first kappa shape index (κ1) is 7.24. The van der Waals surface area contributed by atoms with Crippen LogP contribution in [0.2, 0.25) is 24.3 Å². The van der Waals surface area contributed by atoms with Crippen LogP contribution in [-0.2, 0) is 0 Å². The minimum Gasteiger partial charge on any atom is -0.0845 e. The average Bonchev–Trinajstić information content (AvgIpc) is 1.82. The van der Waals surface area contributed by atoms with Crippen molar-refractivity contribution < 1.29 is 0 Å². The molecule has 0 bridgehead atoms. The lowest BCUT2D eigenvalue weighted by Crippen LogP contribution is -2.26. The molecular weight excluding hydrogens is 106 g/mol. The summed E-state index contributed by atoms with van der Waals surface area (Å²) in [5, 5.41) is 0. The maximum absolute atomic E-state index is 2.45. The summed E-state index contributed by atoms with van der Waals surface area (Å²) in [6.07, 6.45) is 3.92. The van der Waals surface area contributed by atoms with Crippen LogP contribution < -0.4 is 0 Å². The third-order valence-electron chi connectivity index (χ3n) is 2.27. The van der Waals surface area contributed by atoms with E-state index in [4.69, 9.17) is 0 Å². The van der Waals surface area contributed by atoms with Crippen LogP contribution >= 0.6 is 0 Å². The Bertz CT molecular complexity index is 81.0. The summed E-state index contributed by atoms with van der Waals surface area (Å²) in [7, 11) is 4.89. The Balaban J connectivity index is 2.11. The predicted molar refractivity (Wildman–Crippen MR) is 44.6 cm³/mol. The zero-order chi connectivity index (χ0) is 6.69. The lowest BCUT2D eigenvalue weighted by Gasteiger charge is -2.35. The predicted octanol–water partition coefficient (Wildman–Crippen LogP) is 2.25. The summed E-state index contributed by atoms with van der Waals surface area (Å²) in [5.74, 6) is 1.85. The fraction of sp³-hybridized carbons (Fsp3) is 1.00. The van der Waals surface area contributed by atoms with Gasteiger partial charge in [0.05, 0.1) is 0 Å². The van der Waals surface area contributed by atoms with Gasteiger partial charge in [-0.15, -0.1) is 0 Å². The highest BCUT2D eigenvalue weighted by Gasteiger charge is 2.28. The fourth-order valence-electron chi connectivity index (χ4n) is 1.53. The van der Waals surface area contributed by atoms with Crippen LogP contribution in [-0.4, -0.2) is 14.6 Å². The van der Waals surface area contributed by atoms with Crippen LogP contribution in [0.3, 0.4) is 0 Å². The molecule has 0 spiro atoms. The van der Waals surface area contributed by atoms with E-state index >= 15 is 0 Å². The lowest BCUT2D eigenvalue weighted by molar-refractivity contribution is 0.686. The highest BCUT2D eigenvalue weighted by atomic mass is 14.1. The van der Waals surface area contributed by atoms with E-state index in [1.165, 1.54) is 19.1 Å². The molecule has 1 saturated heterocycles. The molecule has 2 atom stereocenters. The number of hydrogen-bond acceptors (Lipinski definition) is 0. The Hall–Kier alpha value is 0.130. The minimum atomic E-state index is 0.921. The largest absolute Gasteiger partial charge is 0.112 e. The molecule has 2 heteroatoms. The van der Waals surface area contributed by atoms with E-state index in [2.05, 4.69) is 28.4 Å². The Labute approximate surface area is 59.9 Å². The van der Waals surface area contributed by atoms with E-state index in [-0.39, 0.29) is 0 Å². The SMILES string of the molecule is CC[B]C1C[B]C1CC. The topological polar surface area (TPSA) is 0 Å². The molecule has 9 heavy (non-hydrogen) atoms. The Morgan fingerprint density at radius 3 is 2.67 bits per heavy atom. The molecule has 48 valence electrons. The molecule has 0 aliphatic carbocycles. The van der Waals surface area contributed by atoms with Crippen molar-refractivity contribution in [3.63, 3.8) is 0 Å². The van der Waals surface area contributed by atoms with Gasteiger partial charge in [0.2, 0.25) is 0 Å². The molecule has 0 N–H and O–H groups in total. The molecule has 0 amide bonds. The second-order valence-electron chi connectivity index (χ2n) is 2.85. The van der Waals surface area contributed by atoms with Crippen LogP contribution in [0.4, 0.5) is 0 Å². The zero-order valence-electron chi connectivity index (χ0n) is 6.43. The van der Waals surface area contributed by atoms with E-state index in [9.17, 15) is 0 Å². The summed E-state index contributed by atoms with van der Waals surface area (Å²) >= 11 is 0. The van der Waals surface area contributed by atoms with Gasteiger partial charge in [0.25, 0.3) is 0 Å². The van der Waals surface area contributed by atoms with Crippen LogP contribution in [0.15, 0.2) is 0 Å². The van der Waals surface area contributed by atoms with Crippen molar-refractivity contribution in [2.45, 2.75) is 44.5 Å². The first-order valence-corrected chi connectivity index (χ1v) is 4.05. The third-order valence-corrected chi connectivity index (χ3v) is 2.27. The van der Waals surface area contributed by atoms with E-state index in [0.29, 0.717) is 0 Å². The van der Waals surface area contributed by atoms with E-state index in [1.54, 1.807) is 0 Å². The maximum Gasteiger partial charge on any atom is 0.112 e.